The zero-order chi connectivity index (χ0) is 12.7. The molecule has 5 heteroatoms. The van der Waals surface area contributed by atoms with E-state index in [0.29, 0.717) is 5.75 Å². The van der Waals surface area contributed by atoms with E-state index in [0.717, 1.165) is 37.3 Å². The minimum absolute atomic E-state index is 0.276. The van der Waals surface area contributed by atoms with Crippen LogP contribution in [0.15, 0.2) is 0 Å². The van der Waals surface area contributed by atoms with Crippen molar-refractivity contribution in [2.75, 3.05) is 29.9 Å². The Bertz CT molecular complexity index is 302. The zero-order valence-electron chi connectivity index (χ0n) is 10.7. The Hall–Kier alpha value is 0.390. The molecule has 0 aromatic heterocycles. The topological polar surface area (TPSA) is 37.4 Å². The average Bonchev–Trinajstić information content (AvgIpc) is 2.23. The van der Waals surface area contributed by atoms with Gasteiger partial charge in [0.25, 0.3) is 0 Å². The monoisotopic (exact) mass is 325 g/mol. The van der Waals surface area contributed by atoms with Crippen LogP contribution in [0.25, 0.3) is 0 Å². The van der Waals surface area contributed by atoms with E-state index in [1.54, 1.807) is 6.92 Å². The normalized spacial score (nSPS) is 17.4. The van der Waals surface area contributed by atoms with E-state index in [1.165, 1.54) is 19.3 Å². The highest BCUT2D eigenvalue weighted by molar-refractivity contribution is 9.09. The highest BCUT2D eigenvalue weighted by atomic mass is 79.9. The van der Waals surface area contributed by atoms with Crippen molar-refractivity contribution in [3.05, 3.63) is 0 Å². The predicted octanol–water partition coefficient (Wildman–Crippen LogP) is 2.45. The third kappa shape index (κ3) is 5.71. The van der Waals surface area contributed by atoms with Gasteiger partial charge in [0.2, 0.25) is 0 Å². The van der Waals surface area contributed by atoms with Crippen LogP contribution in [-0.4, -0.2) is 49.3 Å². The molecule has 102 valence electrons. The van der Waals surface area contributed by atoms with E-state index in [1.807, 2.05) is 0 Å². The largest absolute Gasteiger partial charge is 0.300 e. The molecule has 0 aliphatic heterocycles. The summed E-state index contributed by atoms with van der Waals surface area (Å²) < 4.78 is 22.8. The van der Waals surface area contributed by atoms with Crippen LogP contribution in [0.2, 0.25) is 0 Å². The Kier molecular flexibility index (Phi) is 7.04. The maximum absolute atomic E-state index is 11.4. The van der Waals surface area contributed by atoms with Crippen LogP contribution < -0.4 is 0 Å². The van der Waals surface area contributed by atoms with Crippen LogP contribution in [0.3, 0.4) is 0 Å². The smallest absolute Gasteiger partial charge is 0.150 e. The van der Waals surface area contributed by atoms with E-state index in [2.05, 4.69) is 20.8 Å². The second kappa shape index (κ2) is 7.74. The molecule has 1 aliphatic rings. The first-order chi connectivity index (χ1) is 8.09. The lowest BCUT2D eigenvalue weighted by atomic mass is 9.91. The molecular weight excluding hydrogens is 302 g/mol. The predicted molar refractivity (Wildman–Crippen MR) is 76.6 cm³/mol. The molecule has 0 heterocycles. The fraction of sp³-hybridized carbons (Fsp3) is 1.00. The average molecular weight is 326 g/mol. The molecule has 3 nitrogen and oxygen atoms in total. The summed E-state index contributed by atoms with van der Waals surface area (Å²) in [5.74, 6) is 0.624. The van der Waals surface area contributed by atoms with Crippen molar-refractivity contribution in [1.82, 2.24) is 4.90 Å². The molecular formula is C12H24BrNO2S. The molecule has 0 atom stereocenters. The third-order valence-corrected chi connectivity index (χ3v) is 5.86. The van der Waals surface area contributed by atoms with Gasteiger partial charge in [0.05, 0.1) is 5.75 Å². The molecule has 0 saturated heterocycles. The minimum atomic E-state index is -2.79. The van der Waals surface area contributed by atoms with E-state index in [4.69, 9.17) is 0 Å². The molecule has 0 spiro atoms. The van der Waals surface area contributed by atoms with Crippen molar-refractivity contribution < 1.29 is 8.42 Å². The zero-order valence-corrected chi connectivity index (χ0v) is 13.1. The van der Waals surface area contributed by atoms with Crippen LogP contribution in [0, 0.1) is 0 Å². The van der Waals surface area contributed by atoms with Gasteiger partial charge in [-0.05, 0) is 38.8 Å². The molecule has 0 bridgehead atoms. The molecule has 0 N–H and O–H groups in total. The Morgan fingerprint density at radius 3 is 2.35 bits per heavy atom. The highest BCUT2D eigenvalue weighted by Gasteiger charge is 2.24. The van der Waals surface area contributed by atoms with Crippen molar-refractivity contribution in [3.8, 4) is 0 Å². The van der Waals surface area contributed by atoms with Gasteiger partial charge in [-0.25, -0.2) is 8.42 Å². The number of sulfone groups is 1. The van der Waals surface area contributed by atoms with Crippen LogP contribution in [0.1, 0.15) is 39.0 Å². The SMILES string of the molecule is CCS(=O)(=O)CCCN(CCCBr)C1CCC1. The lowest BCUT2D eigenvalue weighted by Crippen LogP contribution is -2.41. The lowest BCUT2D eigenvalue weighted by molar-refractivity contribution is 0.128. The van der Waals surface area contributed by atoms with Gasteiger partial charge >= 0.3 is 0 Å². The summed E-state index contributed by atoms with van der Waals surface area (Å²) in [5, 5.41) is 1.03. The van der Waals surface area contributed by atoms with Crippen LogP contribution in [-0.2, 0) is 9.84 Å². The Morgan fingerprint density at radius 2 is 1.88 bits per heavy atom. The maximum Gasteiger partial charge on any atom is 0.150 e. The number of rotatable bonds is 9. The highest BCUT2D eigenvalue weighted by Crippen LogP contribution is 2.25. The summed E-state index contributed by atoms with van der Waals surface area (Å²) in [4.78, 5) is 2.48. The number of nitrogens with zero attached hydrogens (tertiary/aromatic N) is 1. The van der Waals surface area contributed by atoms with Crippen LogP contribution in [0.4, 0.5) is 0 Å². The maximum atomic E-state index is 11.4. The first kappa shape index (κ1) is 15.4. The minimum Gasteiger partial charge on any atom is -0.300 e. The molecule has 1 fully saturated rings. The lowest BCUT2D eigenvalue weighted by Gasteiger charge is -2.37. The molecule has 1 rings (SSSR count). The van der Waals surface area contributed by atoms with E-state index in [-0.39, 0.29) is 5.75 Å². The molecule has 17 heavy (non-hydrogen) atoms. The number of halogens is 1. The van der Waals surface area contributed by atoms with E-state index in [9.17, 15) is 8.42 Å². The Balaban J connectivity index is 2.28. The molecule has 0 amide bonds. The van der Waals surface area contributed by atoms with Crippen LogP contribution >= 0.6 is 15.9 Å². The van der Waals surface area contributed by atoms with Crippen molar-refractivity contribution in [1.29, 1.82) is 0 Å². The van der Waals surface area contributed by atoms with Gasteiger partial charge in [-0.3, -0.25) is 0 Å². The fourth-order valence-electron chi connectivity index (χ4n) is 2.12. The van der Waals surface area contributed by atoms with E-state index >= 15 is 0 Å². The van der Waals surface area contributed by atoms with Gasteiger partial charge in [-0.1, -0.05) is 29.3 Å². The van der Waals surface area contributed by atoms with Gasteiger partial charge in [0.15, 0.2) is 0 Å². The first-order valence-corrected chi connectivity index (χ1v) is 9.54. The fourth-order valence-corrected chi connectivity index (χ4v) is 3.23. The van der Waals surface area contributed by atoms with Gasteiger partial charge in [-0.2, -0.15) is 0 Å². The van der Waals surface area contributed by atoms with Gasteiger partial charge in [0, 0.05) is 17.1 Å². The quantitative estimate of drug-likeness (QED) is 0.611. The van der Waals surface area contributed by atoms with Gasteiger partial charge < -0.3 is 4.90 Å². The number of alkyl halides is 1. The van der Waals surface area contributed by atoms with Crippen LogP contribution in [0.5, 0.6) is 0 Å². The van der Waals surface area contributed by atoms with Gasteiger partial charge in [-0.15, -0.1) is 0 Å². The third-order valence-electron chi connectivity index (χ3n) is 3.51. The molecule has 0 aromatic rings. The molecule has 0 unspecified atom stereocenters. The Morgan fingerprint density at radius 1 is 1.24 bits per heavy atom. The number of hydrogen-bond acceptors (Lipinski definition) is 3. The van der Waals surface area contributed by atoms with Crippen molar-refractivity contribution in [3.63, 3.8) is 0 Å². The Labute approximate surface area is 114 Å². The summed E-state index contributed by atoms with van der Waals surface area (Å²) in [6.07, 6.45) is 5.86. The first-order valence-electron chi connectivity index (χ1n) is 6.59. The second-order valence-electron chi connectivity index (χ2n) is 4.75. The molecule has 1 aliphatic carbocycles. The summed E-state index contributed by atoms with van der Waals surface area (Å²) in [6, 6.07) is 0.721. The standard InChI is InChI=1S/C12H24BrNO2S/c1-2-17(15,16)11-5-10-14(9-4-8-13)12-6-3-7-12/h12H,2-11H2,1H3. The molecule has 0 aromatic carbocycles. The summed E-state index contributed by atoms with van der Waals surface area (Å²) >= 11 is 3.46. The molecule has 0 radical (unpaired) electrons. The second-order valence-corrected chi connectivity index (χ2v) is 8.02. The summed E-state index contributed by atoms with van der Waals surface area (Å²) in [7, 11) is -2.79. The number of hydrogen-bond donors (Lipinski definition) is 0. The van der Waals surface area contributed by atoms with Crippen molar-refractivity contribution in [2.24, 2.45) is 0 Å². The van der Waals surface area contributed by atoms with Gasteiger partial charge in [0.1, 0.15) is 9.84 Å². The summed E-state index contributed by atoms with van der Waals surface area (Å²) in [5.41, 5.74) is 0. The van der Waals surface area contributed by atoms with Crippen molar-refractivity contribution >= 4 is 25.8 Å². The molecule has 1 saturated carbocycles. The van der Waals surface area contributed by atoms with Crippen molar-refractivity contribution in [2.45, 2.75) is 45.1 Å². The van der Waals surface area contributed by atoms with E-state index < -0.39 is 9.84 Å². The summed E-state index contributed by atoms with van der Waals surface area (Å²) in [6.45, 7) is 3.77.